The van der Waals surface area contributed by atoms with Gasteiger partial charge in [0, 0.05) is 18.2 Å². The van der Waals surface area contributed by atoms with Gasteiger partial charge in [-0.2, -0.15) is 0 Å². The van der Waals surface area contributed by atoms with Crippen molar-refractivity contribution in [3.05, 3.63) is 29.8 Å². The first-order chi connectivity index (χ1) is 7.81. The zero-order valence-corrected chi connectivity index (χ0v) is 9.90. The first-order valence-corrected chi connectivity index (χ1v) is 5.88. The number of ether oxygens (including phenoxy) is 2. The number of benzene rings is 1. The van der Waals surface area contributed by atoms with Crippen molar-refractivity contribution >= 4 is 0 Å². The lowest BCUT2D eigenvalue weighted by molar-refractivity contribution is 0.00550. The molecule has 1 aromatic carbocycles. The molecule has 2 rings (SSSR count). The molecule has 2 atom stereocenters. The maximum absolute atomic E-state index is 5.82. The Balaban J connectivity index is 2.13. The van der Waals surface area contributed by atoms with Gasteiger partial charge >= 0.3 is 0 Å². The predicted octanol–water partition coefficient (Wildman–Crippen LogP) is 2.13. The van der Waals surface area contributed by atoms with Crippen molar-refractivity contribution in [2.24, 2.45) is 0 Å². The zero-order valence-electron chi connectivity index (χ0n) is 9.90. The molecule has 1 N–H and O–H groups in total. The Morgan fingerprint density at radius 3 is 2.94 bits per heavy atom. The number of rotatable bonds is 3. The molecule has 2 unspecified atom stereocenters. The lowest BCUT2D eigenvalue weighted by Crippen LogP contribution is -2.40. The maximum Gasteiger partial charge on any atom is 0.125 e. The topological polar surface area (TPSA) is 30.5 Å². The molecule has 0 bridgehead atoms. The van der Waals surface area contributed by atoms with Gasteiger partial charge in [-0.25, -0.2) is 0 Å². The summed E-state index contributed by atoms with van der Waals surface area (Å²) in [4.78, 5) is 0. The number of morpholine rings is 1. The van der Waals surface area contributed by atoms with Crippen LogP contribution in [-0.2, 0) is 4.74 Å². The molecule has 3 heteroatoms. The molecular formula is C13H19NO2. The van der Waals surface area contributed by atoms with E-state index >= 15 is 0 Å². The van der Waals surface area contributed by atoms with Crippen LogP contribution in [0, 0.1) is 0 Å². The van der Waals surface area contributed by atoms with Crippen molar-refractivity contribution in [1.29, 1.82) is 0 Å². The number of nitrogens with one attached hydrogen (secondary N) is 1. The zero-order chi connectivity index (χ0) is 11.4. The van der Waals surface area contributed by atoms with Gasteiger partial charge in [0.1, 0.15) is 5.75 Å². The fraction of sp³-hybridized carbons (Fsp3) is 0.538. The van der Waals surface area contributed by atoms with Gasteiger partial charge in [-0.1, -0.05) is 18.2 Å². The lowest BCUT2D eigenvalue weighted by Gasteiger charge is -2.29. The van der Waals surface area contributed by atoms with E-state index in [1.807, 2.05) is 25.1 Å². The van der Waals surface area contributed by atoms with Gasteiger partial charge in [-0.05, 0) is 19.9 Å². The summed E-state index contributed by atoms with van der Waals surface area (Å²) in [5, 5.41) is 3.42. The van der Waals surface area contributed by atoms with Gasteiger partial charge < -0.3 is 14.8 Å². The second-order valence-electron chi connectivity index (χ2n) is 4.10. The van der Waals surface area contributed by atoms with Crippen LogP contribution in [-0.4, -0.2) is 25.8 Å². The molecule has 0 saturated carbocycles. The van der Waals surface area contributed by atoms with Crippen molar-refractivity contribution in [2.75, 3.05) is 19.8 Å². The molecule has 88 valence electrons. The monoisotopic (exact) mass is 221 g/mol. The van der Waals surface area contributed by atoms with E-state index in [2.05, 4.69) is 18.3 Å². The Bertz CT molecular complexity index is 332. The third kappa shape index (κ3) is 2.54. The smallest absolute Gasteiger partial charge is 0.125 e. The van der Waals surface area contributed by atoms with Crippen LogP contribution in [0.25, 0.3) is 0 Å². The Morgan fingerprint density at radius 1 is 1.44 bits per heavy atom. The van der Waals surface area contributed by atoms with Crippen molar-refractivity contribution in [1.82, 2.24) is 5.32 Å². The summed E-state index contributed by atoms with van der Waals surface area (Å²) in [5.41, 5.74) is 1.14. The first kappa shape index (κ1) is 11.4. The van der Waals surface area contributed by atoms with Gasteiger partial charge in [0.2, 0.25) is 0 Å². The van der Waals surface area contributed by atoms with Gasteiger partial charge in [-0.3, -0.25) is 0 Å². The standard InChI is InChI=1S/C13H19NO2/c1-3-15-12-7-5-4-6-11(12)13-8-14-10(2)9-16-13/h4-7,10,13-14H,3,8-9H2,1-2H3. The van der Waals surface area contributed by atoms with E-state index in [1.165, 1.54) is 0 Å². The average molecular weight is 221 g/mol. The van der Waals surface area contributed by atoms with Crippen molar-refractivity contribution in [2.45, 2.75) is 26.0 Å². The summed E-state index contributed by atoms with van der Waals surface area (Å²) in [6.07, 6.45) is 0.110. The molecular weight excluding hydrogens is 202 g/mol. The molecule has 1 aliphatic rings. The summed E-state index contributed by atoms with van der Waals surface area (Å²) in [5.74, 6) is 0.936. The molecule has 1 fully saturated rings. The molecule has 1 heterocycles. The minimum atomic E-state index is 0.110. The molecule has 16 heavy (non-hydrogen) atoms. The van der Waals surface area contributed by atoms with E-state index in [0.29, 0.717) is 12.6 Å². The highest BCUT2D eigenvalue weighted by molar-refractivity contribution is 5.35. The second kappa shape index (κ2) is 5.32. The normalized spacial score (nSPS) is 25.4. The third-order valence-electron chi connectivity index (χ3n) is 2.76. The summed E-state index contributed by atoms with van der Waals surface area (Å²) in [6, 6.07) is 8.54. The Hall–Kier alpha value is -1.06. The minimum Gasteiger partial charge on any atom is -0.493 e. The van der Waals surface area contributed by atoms with Crippen LogP contribution in [0.3, 0.4) is 0 Å². The second-order valence-corrected chi connectivity index (χ2v) is 4.10. The number of hydrogen-bond acceptors (Lipinski definition) is 3. The van der Waals surface area contributed by atoms with Crippen LogP contribution < -0.4 is 10.1 Å². The molecule has 0 radical (unpaired) electrons. The Kier molecular flexibility index (Phi) is 3.80. The van der Waals surface area contributed by atoms with Crippen molar-refractivity contribution in [3.8, 4) is 5.75 Å². The van der Waals surface area contributed by atoms with E-state index in [9.17, 15) is 0 Å². The quantitative estimate of drug-likeness (QED) is 0.848. The van der Waals surface area contributed by atoms with Crippen LogP contribution in [0.5, 0.6) is 5.75 Å². The SMILES string of the molecule is CCOc1ccccc1C1CNC(C)CO1. The molecule has 1 saturated heterocycles. The van der Waals surface area contributed by atoms with Gasteiger partial charge in [0.05, 0.1) is 19.3 Å². The van der Waals surface area contributed by atoms with Crippen LogP contribution in [0.1, 0.15) is 25.5 Å². The molecule has 1 aliphatic heterocycles. The third-order valence-corrected chi connectivity index (χ3v) is 2.76. The molecule has 0 aromatic heterocycles. The Morgan fingerprint density at radius 2 is 2.25 bits per heavy atom. The highest BCUT2D eigenvalue weighted by Crippen LogP contribution is 2.28. The van der Waals surface area contributed by atoms with Crippen molar-refractivity contribution in [3.63, 3.8) is 0 Å². The summed E-state index contributed by atoms with van der Waals surface area (Å²) < 4.78 is 11.4. The fourth-order valence-electron chi connectivity index (χ4n) is 1.92. The van der Waals surface area contributed by atoms with E-state index in [0.717, 1.165) is 24.5 Å². The van der Waals surface area contributed by atoms with Gasteiger partial charge in [0.25, 0.3) is 0 Å². The highest BCUT2D eigenvalue weighted by Gasteiger charge is 2.22. The van der Waals surface area contributed by atoms with Gasteiger partial charge in [0.15, 0.2) is 0 Å². The summed E-state index contributed by atoms with van der Waals surface area (Å²) in [7, 11) is 0. The van der Waals surface area contributed by atoms with E-state index < -0.39 is 0 Å². The van der Waals surface area contributed by atoms with Crippen LogP contribution in [0.4, 0.5) is 0 Å². The summed E-state index contributed by atoms with van der Waals surface area (Å²) >= 11 is 0. The average Bonchev–Trinajstić information content (AvgIpc) is 2.32. The molecule has 1 aromatic rings. The minimum absolute atomic E-state index is 0.110. The Labute approximate surface area is 96.8 Å². The summed E-state index contributed by atoms with van der Waals surface area (Å²) in [6.45, 7) is 6.42. The van der Waals surface area contributed by atoms with Crippen LogP contribution in [0.2, 0.25) is 0 Å². The predicted molar refractivity (Wildman–Crippen MR) is 63.8 cm³/mol. The largest absolute Gasteiger partial charge is 0.493 e. The lowest BCUT2D eigenvalue weighted by atomic mass is 10.1. The van der Waals surface area contributed by atoms with E-state index in [4.69, 9.17) is 9.47 Å². The molecule has 0 aliphatic carbocycles. The molecule has 3 nitrogen and oxygen atoms in total. The number of para-hydroxylation sites is 1. The molecule has 0 amide bonds. The van der Waals surface area contributed by atoms with Crippen LogP contribution >= 0.6 is 0 Å². The highest BCUT2D eigenvalue weighted by atomic mass is 16.5. The van der Waals surface area contributed by atoms with Crippen LogP contribution in [0.15, 0.2) is 24.3 Å². The molecule has 0 spiro atoms. The maximum atomic E-state index is 5.82. The van der Waals surface area contributed by atoms with E-state index in [-0.39, 0.29) is 6.10 Å². The van der Waals surface area contributed by atoms with Crippen molar-refractivity contribution < 1.29 is 9.47 Å². The number of hydrogen-bond donors (Lipinski definition) is 1. The van der Waals surface area contributed by atoms with Gasteiger partial charge in [-0.15, -0.1) is 0 Å². The van der Waals surface area contributed by atoms with E-state index in [1.54, 1.807) is 0 Å². The first-order valence-electron chi connectivity index (χ1n) is 5.88. The fourth-order valence-corrected chi connectivity index (χ4v) is 1.92.